The molecule has 1 N–H and O–H groups in total. The molecule has 7 heteroatoms. The van der Waals surface area contributed by atoms with Gasteiger partial charge in [-0.05, 0) is 6.42 Å². The van der Waals surface area contributed by atoms with Crippen LogP contribution in [0.25, 0.3) is 0 Å². The van der Waals surface area contributed by atoms with E-state index in [0.717, 1.165) is 0 Å². The van der Waals surface area contributed by atoms with Crippen LogP contribution < -0.4 is 0 Å². The molecule has 0 saturated heterocycles. The van der Waals surface area contributed by atoms with Gasteiger partial charge in [-0.3, -0.25) is 4.55 Å². The second-order valence-electron chi connectivity index (χ2n) is 3.14. The van der Waals surface area contributed by atoms with E-state index in [1.54, 1.807) is 31.3 Å². The Balaban J connectivity index is 2.88. The van der Waals surface area contributed by atoms with E-state index in [2.05, 4.69) is 12.6 Å². The summed E-state index contributed by atoms with van der Waals surface area (Å²) >= 11 is 4.22. The third-order valence-corrected chi connectivity index (χ3v) is 4.03. The first-order valence-corrected chi connectivity index (χ1v) is 6.22. The SMILES string of the molecule is CCC(N1C=CN(C)C1S)S(=O)(=O)O. The van der Waals surface area contributed by atoms with Crippen molar-refractivity contribution in [3.05, 3.63) is 12.4 Å². The molecule has 82 valence electrons. The van der Waals surface area contributed by atoms with Crippen molar-refractivity contribution in [2.24, 2.45) is 0 Å². The van der Waals surface area contributed by atoms with E-state index in [1.165, 1.54) is 4.90 Å². The molecule has 0 spiro atoms. The van der Waals surface area contributed by atoms with Crippen molar-refractivity contribution in [2.45, 2.75) is 24.2 Å². The van der Waals surface area contributed by atoms with Crippen LogP contribution >= 0.6 is 12.6 Å². The third-order valence-electron chi connectivity index (χ3n) is 2.13. The first-order valence-electron chi connectivity index (χ1n) is 4.20. The maximum atomic E-state index is 11.0. The largest absolute Gasteiger partial charge is 0.351 e. The highest BCUT2D eigenvalue weighted by Crippen LogP contribution is 2.23. The molecular formula is C7H14N2O3S2. The van der Waals surface area contributed by atoms with Crippen molar-refractivity contribution >= 4 is 22.7 Å². The summed E-state index contributed by atoms with van der Waals surface area (Å²) < 4.78 is 31.0. The molecule has 1 aliphatic rings. The molecule has 2 atom stereocenters. The average Bonchev–Trinajstić information content (AvgIpc) is 2.35. The minimum atomic E-state index is -4.06. The van der Waals surface area contributed by atoms with Crippen molar-refractivity contribution in [1.29, 1.82) is 0 Å². The van der Waals surface area contributed by atoms with Crippen molar-refractivity contribution in [3.8, 4) is 0 Å². The van der Waals surface area contributed by atoms with E-state index in [0.29, 0.717) is 6.42 Å². The fourth-order valence-corrected chi connectivity index (χ4v) is 2.69. The lowest BCUT2D eigenvalue weighted by Crippen LogP contribution is -2.42. The summed E-state index contributed by atoms with van der Waals surface area (Å²) in [7, 11) is -2.27. The van der Waals surface area contributed by atoms with E-state index >= 15 is 0 Å². The van der Waals surface area contributed by atoms with Crippen LogP contribution in [0.3, 0.4) is 0 Å². The van der Waals surface area contributed by atoms with Crippen LogP contribution in [0.5, 0.6) is 0 Å². The van der Waals surface area contributed by atoms with E-state index in [1.807, 2.05) is 0 Å². The zero-order valence-corrected chi connectivity index (χ0v) is 9.74. The number of hydrogen-bond acceptors (Lipinski definition) is 5. The quantitative estimate of drug-likeness (QED) is 0.555. The van der Waals surface area contributed by atoms with Gasteiger partial charge in [-0.2, -0.15) is 8.42 Å². The van der Waals surface area contributed by atoms with Crippen molar-refractivity contribution in [2.75, 3.05) is 7.05 Å². The molecule has 0 aliphatic carbocycles. The molecule has 1 aliphatic heterocycles. The topological polar surface area (TPSA) is 60.9 Å². The van der Waals surface area contributed by atoms with Crippen LogP contribution in [0.1, 0.15) is 13.3 Å². The van der Waals surface area contributed by atoms with Gasteiger partial charge in [0, 0.05) is 19.4 Å². The molecule has 5 nitrogen and oxygen atoms in total. The highest BCUT2D eigenvalue weighted by Gasteiger charge is 2.33. The summed E-state index contributed by atoms with van der Waals surface area (Å²) in [6.45, 7) is 1.70. The number of nitrogens with zero attached hydrogens (tertiary/aromatic N) is 2. The fourth-order valence-electron chi connectivity index (χ4n) is 1.37. The second kappa shape index (κ2) is 4.00. The van der Waals surface area contributed by atoms with Crippen molar-refractivity contribution in [3.63, 3.8) is 0 Å². The van der Waals surface area contributed by atoms with Gasteiger partial charge in [0.15, 0.2) is 5.37 Å². The predicted molar refractivity (Wildman–Crippen MR) is 57.1 cm³/mol. The fraction of sp³-hybridized carbons (Fsp3) is 0.714. The zero-order chi connectivity index (χ0) is 10.9. The first kappa shape index (κ1) is 11.7. The summed E-state index contributed by atoms with van der Waals surface area (Å²) in [5.41, 5.74) is -0.345. The van der Waals surface area contributed by atoms with Crippen LogP contribution in [0, 0.1) is 0 Å². The summed E-state index contributed by atoms with van der Waals surface area (Å²) in [4.78, 5) is 3.25. The Morgan fingerprint density at radius 3 is 2.43 bits per heavy atom. The van der Waals surface area contributed by atoms with Gasteiger partial charge in [0.05, 0.1) is 0 Å². The van der Waals surface area contributed by atoms with E-state index in [-0.39, 0.29) is 5.50 Å². The second-order valence-corrected chi connectivity index (χ2v) is 5.17. The highest BCUT2D eigenvalue weighted by molar-refractivity contribution is 7.86. The van der Waals surface area contributed by atoms with Crippen molar-refractivity contribution < 1.29 is 13.0 Å². The Kier molecular flexibility index (Phi) is 3.33. The Labute approximate surface area is 89.5 Å². The Hall–Kier alpha value is -0.400. The molecule has 0 saturated carbocycles. The van der Waals surface area contributed by atoms with Gasteiger partial charge in [0.1, 0.15) is 5.50 Å². The minimum absolute atomic E-state index is 0.314. The molecule has 14 heavy (non-hydrogen) atoms. The molecule has 0 aromatic rings. The van der Waals surface area contributed by atoms with Crippen LogP contribution in [-0.4, -0.2) is 40.7 Å². The highest BCUT2D eigenvalue weighted by atomic mass is 32.2. The van der Waals surface area contributed by atoms with Gasteiger partial charge in [0.25, 0.3) is 10.1 Å². The average molecular weight is 238 g/mol. The molecule has 0 bridgehead atoms. The van der Waals surface area contributed by atoms with Gasteiger partial charge in [-0.15, -0.1) is 12.6 Å². The zero-order valence-electron chi connectivity index (χ0n) is 8.03. The summed E-state index contributed by atoms with van der Waals surface area (Å²) in [6, 6.07) is 0. The van der Waals surface area contributed by atoms with Gasteiger partial charge in [-0.1, -0.05) is 6.92 Å². The van der Waals surface area contributed by atoms with E-state index < -0.39 is 15.5 Å². The van der Waals surface area contributed by atoms with Gasteiger partial charge >= 0.3 is 0 Å². The summed E-state index contributed by atoms with van der Waals surface area (Å²) in [6.07, 6.45) is 3.64. The molecule has 2 unspecified atom stereocenters. The molecule has 0 aromatic heterocycles. The lowest BCUT2D eigenvalue weighted by molar-refractivity contribution is 0.233. The lowest BCUT2D eigenvalue weighted by Gasteiger charge is -2.30. The molecule has 0 fully saturated rings. The molecule has 1 rings (SSSR count). The van der Waals surface area contributed by atoms with Gasteiger partial charge < -0.3 is 9.80 Å². The Morgan fingerprint density at radius 2 is 2.14 bits per heavy atom. The van der Waals surface area contributed by atoms with Crippen molar-refractivity contribution in [1.82, 2.24) is 9.80 Å². The first-order chi connectivity index (χ1) is 6.38. The van der Waals surface area contributed by atoms with Crippen LogP contribution in [-0.2, 0) is 10.1 Å². The summed E-state index contributed by atoms with van der Waals surface area (Å²) in [5.74, 6) is 0. The maximum Gasteiger partial charge on any atom is 0.286 e. The maximum absolute atomic E-state index is 11.0. The normalized spacial score (nSPS) is 24.4. The number of thiol groups is 1. The lowest BCUT2D eigenvalue weighted by atomic mass is 10.4. The number of hydrogen-bond donors (Lipinski definition) is 2. The van der Waals surface area contributed by atoms with E-state index in [9.17, 15) is 8.42 Å². The monoisotopic (exact) mass is 238 g/mol. The van der Waals surface area contributed by atoms with Gasteiger partial charge in [0.2, 0.25) is 0 Å². The van der Waals surface area contributed by atoms with Crippen LogP contribution in [0.15, 0.2) is 12.4 Å². The van der Waals surface area contributed by atoms with Crippen LogP contribution in [0.2, 0.25) is 0 Å². The standard InChI is InChI=1S/C7H14N2O3S2/c1-3-6(14(10,11)12)9-5-4-8(2)7(9)13/h4-7,13H,3H2,1-2H3,(H,10,11,12). The predicted octanol–water partition coefficient (Wildman–Crippen LogP) is 0.542. The Morgan fingerprint density at radius 1 is 1.57 bits per heavy atom. The van der Waals surface area contributed by atoms with E-state index in [4.69, 9.17) is 4.55 Å². The minimum Gasteiger partial charge on any atom is -0.351 e. The smallest absolute Gasteiger partial charge is 0.286 e. The molecular weight excluding hydrogens is 224 g/mol. The molecule has 0 radical (unpaired) electrons. The van der Waals surface area contributed by atoms with Gasteiger partial charge in [-0.25, -0.2) is 0 Å². The Bertz CT molecular complexity index is 328. The molecule has 0 amide bonds. The number of rotatable bonds is 3. The molecule has 1 heterocycles. The molecule has 0 aromatic carbocycles. The third kappa shape index (κ3) is 2.15. The van der Waals surface area contributed by atoms with Crippen LogP contribution in [0.4, 0.5) is 0 Å². The summed E-state index contributed by atoms with van der Waals surface area (Å²) in [5, 5.41) is -0.925.